The maximum Gasteiger partial charge on any atom is 0.0293 e. The third-order valence-electron chi connectivity index (χ3n) is 2.34. The van der Waals surface area contributed by atoms with Crippen LogP contribution in [0.15, 0.2) is 12.1 Å². The molecule has 0 N–H and O–H groups in total. The first kappa shape index (κ1) is 12.5. The summed E-state index contributed by atoms with van der Waals surface area (Å²) in [5, 5.41) is 0.941. The van der Waals surface area contributed by atoms with Crippen LogP contribution >= 0.6 is 38.5 Å². The Hall–Kier alpha value is 0.430. The van der Waals surface area contributed by atoms with Gasteiger partial charge in [0.2, 0.25) is 0 Å². The topological polar surface area (TPSA) is 0 Å². The molecule has 2 heteroatoms. The van der Waals surface area contributed by atoms with E-state index in [4.69, 9.17) is 0 Å². The summed E-state index contributed by atoms with van der Waals surface area (Å²) in [7, 11) is 0. The summed E-state index contributed by atoms with van der Waals surface area (Å²) < 4.78 is 1.38. The molecule has 1 rings (SSSR count). The van der Waals surface area contributed by atoms with Gasteiger partial charge in [-0.05, 0) is 51.6 Å². The molecule has 0 radical (unpaired) electrons. The maximum atomic E-state index is 3.54. The molecule has 0 saturated heterocycles. The Morgan fingerprint density at radius 2 is 1.86 bits per heavy atom. The van der Waals surface area contributed by atoms with Gasteiger partial charge in [0.1, 0.15) is 0 Å². The Morgan fingerprint density at radius 1 is 1.29 bits per heavy atom. The molecule has 0 bridgehead atoms. The fourth-order valence-corrected chi connectivity index (χ4v) is 2.84. The summed E-state index contributed by atoms with van der Waals surface area (Å²) in [5.41, 5.74) is 4.44. The minimum Gasteiger partial charge on any atom is -0.0876 e. The molecule has 0 aliphatic rings. The van der Waals surface area contributed by atoms with Gasteiger partial charge in [0.05, 0.1) is 0 Å². The van der Waals surface area contributed by atoms with E-state index in [1.165, 1.54) is 20.3 Å². The van der Waals surface area contributed by atoms with E-state index in [0.29, 0.717) is 0 Å². The minimum absolute atomic E-state index is 0.242. The van der Waals surface area contributed by atoms with Crippen molar-refractivity contribution < 1.29 is 0 Å². The van der Waals surface area contributed by atoms with Crippen LogP contribution in [-0.2, 0) is 10.7 Å². The third kappa shape index (κ3) is 2.72. The molecule has 0 aromatic heterocycles. The zero-order valence-corrected chi connectivity index (χ0v) is 12.9. The van der Waals surface area contributed by atoms with Crippen LogP contribution in [0.3, 0.4) is 0 Å². The first-order valence-electron chi connectivity index (χ1n) is 4.71. The van der Waals surface area contributed by atoms with Gasteiger partial charge in [0.25, 0.3) is 0 Å². The summed E-state index contributed by atoms with van der Waals surface area (Å²) in [6.45, 7) is 8.95. The van der Waals surface area contributed by atoms with Gasteiger partial charge in [-0.3, -0.25) is 0 Å². The quantitative estimate of drug-likeness (QED) is 0.495. The van der Waals surface area contributed by atoms with Gasteiger partial charge in [0.15, 0.2) is 0 Å². The molecular weight excluding hydrogens is 351 g/mol. The Bertz CT molecular complexity index is 337. The Balaban J connectivity index is 3.30. The molecular formula is C12H16BrI. The van der Waals surface area contributed by atoms with Gasteiger partial charge < -0.3 is 0 Å². The van der Waals surface area contributed by atoms with Crippen molar-refractivity contribution in [3.8, 4) is 0 Å². The fraction of sp³-hybridized carbons (Fsp3) is 0.500. The van der Waals surface area contributed by atoms with Gasteiger partial charge in [-0.1, -0.05) is 48.8 Å². The lowest BCUT2D eigenvalue weighted by Crippen LogP contribution is -2.12. The lowest BCUT2D eigenvalue weighted by Gasteiger charge is -2.21. The SMILES string of the molecule is Cc1cc(C(C)(C)C)cc(CBr)c1I. The average molecular weight is 367 g/mol. The van der Waals surface area contributed by atoms with Crippen molar-refractivity contribution in [1.29, 1.82) is 0 Å². The molecule has 1 aromatic rings. The van der Waals surface area contributed by atoms with Crippen molar-refractivity contribution in [1.82, 2.24) is 0 Å². The van der Waals surface area contributed by atoms with Gasteiger partial charge in [-0.15, -0.1) is 0 Å². The third-order valence-corrected chi connectivity index (χ3v) is 4.49. The summed E-state index contributed by atoms with van der Waals surface area (Å²) in [5.74, 6) is 0. The second-order valence-electron chi connectivity index (χ2n) is 4.65. The average Bonchev–Trinajstić information content (AvgIpc) is 2.07. The van der Waals surface area contributed by atoms with Gasteiger partial charge in [-0.2, -0.15) is 0 Å². The second-order valence-corrected chi connectivity index (χ2v) is 6.29. The van der Waals surface area contributed by atoms with E-state index in [1.807, 2.05) is 0 Å². The Labute approximate surface area is 109 Å². The van der Waals surface area contributed by atoms with Crippen LogP contribution in [0.2, 0.25) is 0 Å². The normalized spacial score (nSPS) is 11.9. The zero-order chi connectivity index (χ0) is 10.9. The molecule has 0 atom stereocenters. The van der Waals surface area contributed by atoms with Crippen LogP contribution in [0.5, 0.6) is 0 Å². The van der Waals surface area contributed by atoms with E-state index >= 15 is 0 Å². The van der Waals surface area contributed by atoms with Crippen molar-refractivity contribution >= 4 is 38.5 Å². The number of hydrogen-bond donors (Lipinski definition) is 0. The number of halogens is 2. The monoisotopic (exact) mass is 366 g/mol. The van der Waals surface area contributed by atoms with E-state index in [1.54, 1.807) is 0 Å². The minimum atomic E-state index is 0.242. The molecule has 78 valence electrons. The van der Waals surface area contributed by atoms with Crippen molar-refractivity contribution in [2.24, 2.45) is 0 Å². The van der Waals surface area contributed by atoms with Gasteiger partial charge in [0, 0.05) is 8.90 Å². The first-order valence-corrected chi connectivity index (χ1v) is 6.91. The van der Waals surface area contributed by atoms with E-state index in [9.17, 15) is 0 Å². The van der Waals surface area contributed by atoms with Gasteiger partial charge >= 0.3 is 0 Å². The van der Waals surface area contributed by atoms with Crippen molar-refractivity contribution in [3.63, 3.8) is 0 Å². The van der Waals surface area contributed by atoms with Crippen molar-refractivity contribution in [2.45, 2.75) is 38.4 Å². The molecule has 0 amide bonds. The van der Waals surface area contributed by atoms with Crippen LogP contribution in [0.4, 0.5) is 0 Å². The summed E-state index contributed by atoms with van der Waals surface area (Å²) in [6.07, 6.45) is 0. The van der Waals surface area contributed by atoms with Crippen LogP contribution in [-0.4, -0.2) is 0 Å². The van der Waals surface area contributed by atoms with E-state index in [-0.39, 0.29) is 5.41 Å². The summed E-state index contributed by atoms with van der Waals surface area (Å²) >= 11 is 5.96. The smallest absolute Gasteiger partial charge is 0.0293 e. The number of alkyl halides is 1. The van der Waals surface area contributed by atoms with Crippen LogP contribution in [0, 0.1) is 10.5 Å². The maximum absolute atomic E-state index is 3.54. The van der Waals surface area contributed by atoms with Crippen molar-refractivity contribution in [3.05, 3.63) is 32.4 Å². The molecule has 0 aliphatic carbocycles. The molecule has 14 heavy (non-hydrogen) atoms. The molecule has 0 spiro atoms. The van der Waals surface area contributed by atoms with E-state index < -0.39 is 0 Å². The second kappa shape index (κ2) is 4.52. The molecule has 0 fully saturated rings. The Kier molecular flexibility index (Phi) is 4.03. The Morgan fingerprint density at radius 3 is 2.29 bits per heavy atom. The zero-order valence-electron chi connectivity index (χ0n) is 9.12. The fourth-order valence-electron chi connectivity index (χ4n) is 1.37. The predicted molar refractivity (Wildman–Crippen MR) is 75.2 cm³/mol. The number of benzene rings is 1. The highest BCUT2D eigenvalue weighted by atomic mass is 127. The van der Waals surface area contributed by atoms with E-state index in [0.717, 1.165) is 5.33 Å². The molecule has 0 heterocycles. The first-order chi connectivity index (χ1) is 6.36. The molecule has 0 saturated carbocycles. The lowest BCUT2D eigenvalue weighted by atomic mass is 9.85. The summed E-state index contributed by atoms with van der Waals surface area (Å²) in [6, 6.07) is 4.61. The molecule has 0 nitrogen and oxygen atoms in total. The van der Waals surface area contributed by atoms with Crippen LogP contribution in [0.1, 0.15) is 37.5 Å². The molecule has 0 aliphatic heterocycles. The summed E-state index contributed by atoms with van der Waals surface area (Å²) in [4.78, 5) is 0. The number of hydrogen-bond acceptors (Lipinski definition) is 0. The number of rotatable bonds is 1. The highest BCUT2D eigenvalue weighted by Gasteiger charge is 2.16. The molecule has 0 unspecified atom stereocenters. The largest absolute Gasteiger partial charge is 0.0876 e. The standard InChI is InChI=1S/C12H16BrI/c1-8-5-10(12(2,3)4)6-9(7-13)11(8)14/h5-6H,7H2,1-4H3. The van der Waals surface area contributed by atoms with Crippen LogP contribution < -0.4 is 0 Å². The molecule has 1 aromatic carbocycles. The van der Waals surface area contributed by atoms with E-state index in [2.05, 4.69) is 78.3 Å². The lowest BCUT2D eigenvalue weighted by molar-refractivity contribution is 0.589. The van der Waals surface area contributed by atoms with Gasteiger partial charge in [-0.25, -0.2) is 0 Å². The predicted octanol–water partition coefficient (Wildman–Crippen LogP) is 4.79. The highest BCUT2D eigenvalue weighted by Crippen LogP contribution is 2.28. The van der Waals surface area contributed by atoms with Crippen molar-refractivity contribution in [2.75, 3.05) is 0 Å². The number of aryl methyl sites for hydroxylation is 1. The highest BCUT2D eigenvalue weighted by molar-refractivity contribution is 14.1. The van der Waals surface area contributed by atoms with Crippen LogP contribution in [0.25, 0.3) is 0 Å².